The fraction of sp³-hybridized carbons (Fsp3) is 0.857. The van der Waals surface area contributed by atoms with Crippen LogP contribution < -0.4 is 5.32 Å². The molecule has 0 rings (SSSR count). The lowest BCUT2D eigenvalue weighted by atomic mass is 9.88. The van der Waals surface area contributed by atoms with Gasteiger partial charge in [-0.05, 0) is 52.0 Å². The molecule has 0 aliphatic rings. The molecule has 0 radical (unpaired) electrons. The maximum atomic E-state index is 4.08. The molecule has 90 valence electrons. The molecule has 2 atom stereocenters. The van der Waals surface area contributed by atoms with E-state index in [1.54, 1.807) is 0 Å². The number of allylic oxidation sites excluding steroid dienone is 1. The van der Waals surface area contributed by atoms with Crippen LogP contribution >= 0.6 is 0 Å². The average molecular weight is 211 g/mol. The Kier molecular flexibility index (Phi) is 6.19. The first-order chi connectivity index (χ1) is 6.76. The summed E-state index contributed by atoms with van der Waals surface area (Å²) in [5, 5.41) is 3.56. The van der Waals surface area contributed by atoms with E-state index >= 15 is 0 Å². The Morgan fingerprint density at radius 3 is 2.13 bits per heavy atom. The van der Waals surface area contributed by atoms with Crippen molar-refractivity contribution < 1.29 is 0 Å². The second-order valence-electron chi connectivity index (χ2n) is 5.89. The minimum Gasteiger partial charge on any atom is -0.312 e. The Hall–Kier alpha value is -0.300. The predicted octanol–water partition coefficient (Wildman–Crippen LogP) is 4.00. The largest absolute Gasteiger partial charge is 0.312 e. The second kappa shape index (κ2) is 6.32. The van der Waals surface area contributed by atoms with E-state index in [9.17, 15) is 0 Å². The molecule has 0 fully saturated rings. The maximum absolute atomic E-state index is 4.08. The van der Waals surface area contributed by atoms with Gasteiger partial charge in [-0.2, -0.15) is 0 Å². The van der Waals surface area contributed by atoms with Crippen LogP contribution in [-0.2, 0) is 0 Å². The van der Waals surface area contributed by atoms with Gasteiger partial charge in [0.1, 0.15) is 0 Å². The highest BCUT2D eigenvalue weighted by atomic mass is 14.9. The lowest BCUT2D eigenvalue weighted by Gasteiger charge is -2.27. The van der Waals surface area contributed by atoms with Crippen LogP contribution in [0.4, 0.5) is 0 Å². The first-order valence-electron chi connectivity index (χ1n) is 6.18. The standard InChI is InChI=1S/C14H29N/c1-8-11(2)9-12(3)13(4)10-15-14(5,6)7/h12-13,15H,2,8-10H2,1,3-7H3. The number of nitrogens with one attached hydrogen (secondary N) is 1. The van der Waals surface area contributed by atoms with Crippen LogP contribution in [0.3, 0.4) is 0 Å². The number of rotatable bonds is 6. The fourth-order valence-electron chi connectivity index (χ4n) is 1.47. The highest BCUT2D eigenvalue weighted by Gasteiger charge is 2.16. The van der Waals surface area contributed by atoms with Crippen molar-refractivity contribution in [2.24, 2.45) is 11.8 Å². The van der Waals surface area contributed by atoms with Gasteiger partial charge in [0.25, 0.3) is 0 Å². The number of hydrogen-bond donors (Lipinski definition) is 1. The summed E-state index contributed by atoms with van der Waals surface area (Å²) in [4.78, 5) is 0. The quantitative estimate of drug-likeness (QED) is 0.655. The molecular weight excluding hydrogens is 182 g/mol. The second-order valence-corrected chi connectivity index (χ2v) is 5.89. The van der Waals surface area contributed by atoms with Gasteiger partial charge in [-0.25, -0.2) is 0 Å². The third-order valence-electron chi connectivity index (χ3n) is 3.04. The van der Waals surface area contributed by atoms with E-state index in [-0.39, 0.29) is 5.54 Å². The van der Waals surface area contributed by atoms with E-state index < -0.39 is 0 Å². The molecule has 0 heterocycles. The van der Waals surface area contributed by atoms with Gasteiger partial charge < -0.3 is 5.32 Å². The molecule has 0 aromatic carbocycles. The van der Waals surface area contributed by atoms with Crippen molar-refractivity contribution in [2.75, 3.05) is 6.54 Å². The smallest absolute Gasteiger partial charge is 0.00966 e. The Labute approximate surface area is 96.3 Å². The monoisotopic (exact) mass is 211 g/mol. The molecular formula is C14H29N. The van der Waals surface area contributed by atoms with Gasteiger partial charge >= 0.3 is 0 Å². The zero-order valence-corrected chi connectivity index (χ0v) is 11.5. The summed E-state index contributed by atoms with van der Waals surface area (Å²) in [5.41, 5.74) is 1.61. The highest BCUT2D eigenvalue weighted by Crippen LogP contribution is 2.20. The van der Waals surface area contributed by atoms with Crippen LogP contribution in [0.5, 0.6) is 0 Å². The van der Waals surface area contributed by atoms with Crippen molar-refractivity contribution in [2.45, 2.75) is 59.9 Å². The molecule has 1 heteroatoms. The van der Waals surface area contributed by atoms with E-state index in [4.69, 9.17) is 0 Å². The lowest BCUT2D eigenvalue weighted by Crippen LogP contribution is -2.39. The predicted molar refractivity (Wildman–Crippen MR) is 70.1 cm³/mol. The fourth-order valence-corrected chi connectivity index (χ4v) is 1.47. The number of hydrogen-bond acceptors (Lipinski definition) is 1. The van der Waals surface area contributed by atoms with Crippen LogP contribution in [0.1, 0.15) is 54.4 Å². The summed E-state index contributed by atoms with van der Waals surface area (Å²) in [6.45, 7) is 18.7. The summed E-state index contributed by atoms with van der Waals surface area (Å²) < 4.78 is 0. The summed E-state index contributed by atoms with van der Waals surface area (Å²) >= 11 is 0. The van der Waals surface area contributed by atoms with Gasteiger partial charge in [-0.15, -0.1) is 0 Å². The Bertz CT molecular complexity index is 188. The van der Waals surface area contributed by atoms with Gasteiger partial charge in [-0.3, -0.25) is 0 Å². The van der Waals surface area contributed by atoms with Gasteiger partial charge in [0.15, 0.2) is 0 Å². The highest BCUT2D eigenvalue weighted by molar-refractivity contribution is 4.94. The van der Waals surface area contributed by atoms with Crippen LogP contribution in [0.2, 0.25) is 0 Å². The normalized spacial score (nSPS) is 16.1. The molecule has 0 amide bonds. The van der Waals surface area contributed by atoms with Crippen molar-refractivity contribution >= 4 is 0 Å². The topological polar surface area (TPSA) is 12.0 Å². The zero-order chi connectivity index (χ0) is 12.1. The van der Waals surface area contributed by atoms with Crippen molar-refractivity contribution in [1.82, 2.24) is 5.32 Å². The molecule has 1 N–H and O–H groups in total. The van der Waals surface area contributed by atoms with Gasteiger partial charge in [0.2, 0.25) is 0 Å². The van der Waals surface area contributed by atoms with Crippen LogP contribution in [0.25, 0.3) is 0 Å². The van der Waals surface area contributed by atoms with E-state index in [1.165, 1.54) is 12.0 Å². The minimum atomic E-state index is 0.232. The molecule has 1 nitrogen and oxygen atoms in total. The summed E-state index contributed by atoms with van der Waals surface area (Å²) in [6.07, 6.45) is 2.28. The molecule has 2 unspecified atom stereocenters. The van der Waals surface area contributed by atoms with E-state index in [2.05, 4.69) is 53.4 Å². The molecule has 0 spiro atoms. The van der Waals surface area contributed by atoms with E-state index in [0.717, 1.165) is 18.9 Å². The summed E-state index contributed by atoms with van der Waals surface area (Å²) in [6, 6.07) is 0. The Morgan fingerprint density at radius 2 is 1.73 bits per heavy atom. The van der Waals surface area contributed by atoms with Crippen molar-refractivity contribution in [1.29, 1.82) is 0 Å². The SMILES string of the molecule is C=C(CC)CC(C)C(C)CNC(C)(C)C. The lowest BCUT2D eigenvalue weighted by molar-refractivity contribution is 0.316. The molecule has 0 saturated carbocycles. The molecule has 0 aliphatic heterocycles. The average Bonchev–Trinajstić information content (AvgIpc) is 2.12. The summed E-state index contributed by atoms with van der Waals surface area (Å²) in [5.74, 6) is 1.44. The maximum Gasteiger partial charge on any atom is 0.00966 e. The van der Waals surface area contributed by atoms with Crippen molar-refractivity contribution in [3.05, 3.63) is 12.2 Å². The van der Waals surface area contributed by atoms with Gasteiger partial charge in [0.05, 0.1) is 0 Å². The van der Waals surface area contributed by atoms with Crippen LogP contribution in [-0.4, -0.2) is 12.1 Å². The van der Waals surface area contributed by atoms with Crippen LogP contribution in [0, 0.1) is 11.8 Å². The first kappa shape index (κ1) is 14.7. The van der Waals surface area contributed by atoms with Gasteiger partial charge in [-0.1, -0.05) is 32.9 Å². The minimum absolute atomic E-state index is 0.232. The molecule has 0 aliphatic carbocycles. The molecule has 0 aromatic heterocycles. The van der Waals surface area contributed by atoms with Crippen molar-refractivity contribution in [3.8, 4) is 0 Å². The zero-order valence-electron chi connectivity index (χ0n) is 11.5. The first-order valence-corrected chi connectivity index (χ1v) is 6.18. The van der Waals surface area contributed by atoms with Gasteiger partial charge in [0, 0.05) is 5.54 Å². The molecule has 0 bridgehead atoms. The third kappa shape index (κ3) is 7.61. The molecule has 0 aromatic rings. The Morgan fingerprint density at radius 1 is 1.20 bits per heavy atom. The third-order valence-corrected chi connectivity index (χ3v) is 3.04. The van der Waals surface area contributed by atoms with E-state index in [0.29, 0.717) is 5.92 Å². The molecule has 0 saturated heterocycles. The summed E-state index contributed by atoms with van der Waals surface area (Å²) in [7, 11) is 0. The van der Waals surface area contributed by atoms with Crippen LogP contribution in [0.15, 0.2) is 12.2 Å². The Balaban J connectivity index is 3.89. The molecule has 15 heavy (non-hydrogen) atoms. The van der Waals surface area contributed by atoms with Crippen molar-refractivity contribution in [3.63, 3.8) is 0 Å². The van der Waals surface area contributed by atoms with E-state index in [1.807, 2.05) is 0 Å².